The summed E-state index contributed by atoms with van der Waals surface area (Å²) in [6, 6.07) is 13.0. The topological polar surface area (TPSA) is 71.3 Å². The van der Waals surface area contributed by atoms with Crippen LogP contribution in [0, 0.1) is 12.7 Å². The Morgan fingerprint density at radius 1 is 1.21 bits per heavy atom. The van der Waals surface area contributed by atoms with Gasteiger partial charge in [0.15, 0.2) is 5.75 Å². The number of hydrogen-bond donors (Lipinski definition) is 2. The van der Waals surface area contributed by atoms with E-state index in [9.17, 15) is 19.1 Å². The van der Waals surface area contributed by atoms with Gasteiger partial charge in [-0.05, 0) is 60.9 Å². The molecule has 0 radical (unpaired) electrons. The second kappa shape index (κ2) is 8.49. The molecule has 0 spiro atoms. The molecular weight excluding hydrogens is 395 g/mol. The van der Waals surface area contributed by atoms with Gasteiger partial charge in [0.2, 0.25) is 0 Å². The summed E-state index contributed by atoms with van der Waals surface area (Å²) in [7, 11) is 1.46. The molecule has 0 aliphatic rings. The minimum Gasteiger partial charge on any atom is -0.502 e. The van der Waals surface area contributed by atoms with Crippen molar-refractivity contribution in [2.45, 2.75) is 13.3 Å². The van der Waals surface area contributed by atoms with Gasteiger partial charge >= 0.3 is 0 Å². The first kappa shape index (κ1) is 20.6. The highest BCUT2D eigenvalue weighted by Crippen LogP contribution is 2.24. The number of carbonyl (C=O) groups excluding carboxylic acids is 1. The molecule has 29 heavy (non-hydrogen) atoms. The number of aromatic nitrogens is 1. The van der Waals surface area contributed by atoms with Gasteiger partial charge in [0.1, 0.15) is 5.82 Å². The SMILES string of the molecule is Cc1cc(F)cc(-c2cc(C(=O)NCCc3cccc(Cl)c3)c(O)c(=O)n2C)c1. The zero-order valence-corrected chi connectivity index (χ0v) is 16.8. The Bertz CT molecular complexity index is 1120. The maximum absolute atomic E-state index is 13.8. The third-order valence-electron chi connectivity index (χ3n) is 4.58. The molecule has 3 aromatic rings. The van der Waals surface area contributed by atoms with Gasteiger partial charge < -0.3 is 15.0 Å². The van der Waals surface area contributed by atoms with E-state index in [0.29, 0.717) is 34.8 Å². The highest BCUT2D eigenvalue weighted by atomic mass is 35.5. The fraction of sp³-hybridized carbons (Fsp3) is 0.182. The summed E-state index contributed by atoms with van der Waals surface area (Å²) in [5.74, 6) is -1.69. The molecule has 0 saturated heterocycles. The number of nitrogens with zero attached hydrogens (tertiary/aromatic N) is 1. The first-order chi connectivity index (χ1) is 13.8. The molecule has 2 aromatic carbocycles. The maximum Gasteiger partial charge on any atom is 0.293 e. The van der Waals surface area contributed by atoms with E-state index < -0.39 is 23.0 Å². The van der Waals surface area contributed by atoms with Crippen molar-refractivity contribution in [3.05, 3.63) is 86.4 Å². The smallest absolute Gasteiger partial charge is 0.293 e. The van der Waals surface area contributed by atoms with E-state index in [-0.39, 0.29) is 5.56 Å². The number of rotatable bonds is 5. The van der Waals surface area contributed by atoms with Crippen LogP contribution in [0.25, 0.3) is 11.3 Å². The van der Waals surface area contributed by atoms with Crippen LogP contribution in [0.1, 0.15) is 21.5 Å². The van der Waals surface area contributed by atoms with Crippen LogP contribution in [-0.4, -0.2) is 22.1 Å². The Morgan fingerprint density at radius 3 is 2.66 bits per heavy atom. The molecule has 7 heteroatoms. The zero-order valence-electron chi connectivity index (χ0n) is 16.0. The largest absolute Gasteiger partial charge is 0.502 e. The van der Waals surface area contributed by atoms with Crippen molar-refractivity contribution < 1.29 is 14.3 Å². The van der Waals surface area contributed by atoms with E-state index in [4.69, 9.17) is 11.6 Å². The molecule has 0 aliphatic heterocycles. The third-order valence-corrected chi connectivity index (χ3v) is 4.81. The van der Waals surface area contributed by atoms with Crippen LogP contribution in [0.2, 0.25) is 5.02 Å². The standard InChI is InChI=1S/C22H20ClFN2O3/c1-13-8-15(11-17(24)9-13)19-12-18(20(27)22(29)26(19)2)21(28)25-7-6-14-4-3-5-16(23)10-14/h3-5,8-12,27H,6-7H2,1-2H3,(H,25,28). The van der Waals surface area contributed by atoms with Crippen molar-refractivity contribution in [2.75, 3.05) is 6.54 Å². The van der Waals surface area contributed by atoms with Gasteiger partial charge in [0, 0.05) is 24.2 Å². The predicted octanol–water partition coefficient (Wildman–Crippen LogP) is 3.83. The Kier molecular flexibility index (Phi) is 6.03. The zero-order chi connectivity index (χ0) is 21.1. The number of nitrogens with one attached hydrogen (secondary N) is 1. The molecule has 1 aromatic heterocycles. The van der Waals surface area contributed by atoms with E-state index in [1.54, 1.807) is 25.1 Å². The van der Waals surface area contributed by atoms with Gasteiger partial charge in [-0.1, -0.05) is 23.7 Å². The highest BCUT2D eigenvalue weighted by molar-refractivity contribution is 6.30. The summed E-state index contributed by atoms with van der Waals surface area (Å²) in [5, 5.41) is 13.5. The maximum atomic E-state index is 13.8. The van der Waals surface area contributed by atoms with Gasteiger partial charge in [-0.15, -0.1) is 0 Å². The van der Waals surface area contributed by atoms with E-state index in [2.05, 4.69) is 5.32 Å². The lowest BCUT2D eigenvalue weighted by atomic mass is 10.0. The summed E-state index contributed by atoms with van der Waals surface area (Å²) in [6.45, 7) is 2.02. The lowest BCUT2D eigenvalue weighted by Gasteiger charge is -2.13. The van der Waals surface area contributed by atoms with Crippen LogP contribution in [0.3, 0.4) is 0 Å². The molecule has 150 valence electrons. The molecule has 1 heterocycles. The minimum atomic E-state index is -0.732. The van der Waals surface area contributed by atoms with Gasteiger partial charge in [-0.3, -0.25) is 9.59 Å². The average Bonchev–Trinajstić information content (AvgIpc) is 2.65. The molecular formula is C22H20ClFN2O3. The highest BCUT2D eigenvalue weighted by Gasteiger charge is 2.19. The van der Waals surface area contributed by atoms with Crippen LogP contribution in [0.4, 0.5) is 4.39 Å². The number of pyridine rings is 1. The summed E-state index contributed by atoms with van der Waals surface area (Å²) in [4.78, 5) is 25.0. The number of carbonyl (C=O) groups is 1. The van der Waals surface area contributed by atoms with Crippen LogP contribution in [0.5, 0.6) is 5.75 Å². The quantitative estimate of drug-likeness (QED) is 0.666. The van der Waals surface area contributed by atoms with Crippen LogP contribution >= 0.6 is 11.6 Å². The summed E-state index contributed by atoms with van der Waals surface area (Å²) in [6.07, 6.45) is 0.536. The molecule has 2 N–H and O–H groups in total. The molecule has 0 saturated carbocycles. The fourth-order valence-corrected chi connectivity index (χ4v) is 3.34. The second-order valence-corrected chi connectivity index (χ2v) is 7.25. The van der Waals surface area contributed by atoms with Crippen molar-refractivity contribution in [2.24, 2.45) is 7.05 Å². The van der Waals surface area contributed by atoms with Gasteiger partial charge in [-0.2, -0.15) is 0 Å². The Morgan fingerprint density at radius 2 is 1.97 bits per heavy atom. The van der Waals surface area contributed by atoms with E-state index in [0.717, 1.165) is 5.56 Å². The van der Waals surface area contributed by atoms with Crippen LogP contribution in [-0.2, 0) is 13.5 Å². The van der Waals surface area contributed by atoms with Crippen LogP contribution < -0.4 is 10.9 Å². The Balaban J connectivity index is 1.87. The van der Waals surface area contributed by atoms with E-state index >= 15 is 0 Å². The first-order valence-electron chi connectivity index (χ1n) is 8.99. The minimum absolute atomic E-state index is 0.156. The van der Waals surface area contributed by atoms with Crippen molar-refractivity contribution >= 4 is 17.5 Å². The lowest BCUT2D eigenvalue weighted by Crippen LogP contribution is -2.29. The molecule has 1 amide bonds. The number of halogens is 2. The normalized spacial score (nSPS) is 10.8. The predicted molar refractivity (Wildman–Crippen MR) is 111 cm³/mol. The van der Waals surface area contributed by atoms with E-state index in [1.807, 2.05) is 12.1 Å². The third kappa shape index (κ3) is 4.66. The van der Waals surface area contributed by atoms with Crippen molar-refractivity contribution in [3.8, 4) is 17.0 Å². The summed E-state index contributed by atoms with van der Waals surface area (Å²) < 4.78 is 15.0. The molecule has 0 unspecified atom stereocenters. The van der Waals surface area contributed by atoms with Gasteiger partial charge in [0.25, 0.3) is 11.5 Å². The molecule has 3 rings (SSSR count). The number of aromatic hydroxyl groups is 1. The molecule has 0 aliphatic carbocycles. The number of hydrogen-bond acceptors (Lipinski definition) is 3. The Labute approximate surface area is 172 Å². The molecule has 5 nitrogen and oxygen atoms in total. The number of benzene rings is 2. The lowest BCUT2D eigenvalue weighted by molar-refractivity contribution is 0.0951. The van der Waals surface area contributed by atoms with Crippen molar-refractivity contribution in [1.82, 2.24) is 9.88 Å². The van der Waals surface area contributed by atoms with Crippen LogP contribution in [0.15, 0.2) is 53.3 Å². The molecule has 0 fully saturated rings. The fourth-order valence-electron chi connectivity index (χ4n) is 3.13. The molecule has 0 bridgehead atoms. The number of aryl methyl sites for hydroxylation is 1. The van der Waals surface area contributed by atoms with Gasteiger partial charge in [-0.25, -0.2) is 4.39 Å². The van der Waals surface area contributed by atoms with Gasteiger partial charge in [0.05, 0.1) is 11.3 Å². The monoisotopic (exact) mass is 414 g/mol. The van der Waals surface area contributed by atoms with E-state index in [1.165, 1.54) is 29.8 Å². The second-order valence-electron chi connectivity index (χ2n) is 6.81. The summed E-state index contributed by atoms with van der Waals surface area (Å²) in [5.41, 5.74) is 1.50. The number of amides is 1. The summed E-state index contributed by atoms with van der Waals surface area (Å²) >= 11 is 5.95. The average molecular weight is 415 g/mol. The Hall–Kier alpha value is -3.12. The first-order valence-corrected chi connectivity index (χ1v) is 9.37. The van der Waals surface area contributed by atoms with Crippen molar-refractivity contribution in [1.29, 1.82) is 0 Å². The molecule has 0 atom stereocenters. The van der Waals surface area contributed by atoms with Crippen molar-refractivity contribution in [3.63, 3.8) is 0 Å².